The molecule has 8 nitrogen and oxygen atoms in total. The van der Waals surface area contributed by atoms with Gasteiger partial charge in [0.25, 0.3) is 0 Å². The van der Waals surface area contributed by atoms with Gasteiger partial charge in [-0.1, -0.05) is 5.16 Å². The molecule has 2 aromatic heterocycles. The molecule has 2 aliphatic rings. The average Bonchev–Trinajstić information content (AvgIpc) is 3.35. The summed E-state index contributed by atoms with van der Waals surface area (Å²) in [5, 5.41) is 4.03. The van der Waals surface area contributed by atoms with E-state index in [9.17, 15) is 4.39 Å². The molecule has 5 rings (SSSR count). The van der Waals surface area contributed by atoms with Crippen LogP contribution in [0.25, 0.3) is 11.4 Å². The highest BCUT2D eigenvalue weighted by Crippen LogP contribution is 2.24. The van der Waals surface area contributed by atoms with E-state index in [0.29, 0.717) is 50.3 Å². The third-order valence-corrected chi connectivity index (χ3v) is 5.15. The van der Waals surface area contributed by atoms with Crippen molar-refractivity contribution in [1.29, 1.82) is 0 Å². The van der Waals surface area contributed by atoms with Crippen LogP contribution in [0.2, 0.25) is 0 Å². The highest BCUT2D eigenvalue weighted by atomic mass is 19.1. The first kappa shape index (κ1) is 19.1. The number of nitrogens with zero attached hydrogens (tertiary/aromatic N) is 4. The molecule has 0 amide bonds. The maximum Gasteiger partial charge on any atom is 0.241 e. The van der Waals surface area contributed by atoms with Crippen molar-refractivity contribution in [3.05, 3.63) is 60.5 Å². The number of ether oxygens (including phenoxy) is 3. The highest BCUT2D eigenvalue weighted by Gasteiger charge is 2.38. The quantitative estimate of drug-likeness (QED) is 0.632. The SMILES string of the molecule is Fc1ccc(OC2CO[C@H]3CN(Cc4nc(-c5cccnc5)no4)C[C@@H]3OC2)cc1. The first-order valence-corrected chi connectivity index (χ1v) is 9.84. The molecule has 0 N–H and O–H groups in total. The first-order chi connectivity index (χ1) is 14.7. The molecule has 1 aromatic carbocycles. The molecule has 2 fully saturated rings. The fourth-order valence-electron chi connectivity index (χ4n) is 3.67. The molecule has 0 unspecified atom stereocenters. The largest absolute Gasteiger partial charge is 0.486 e. The molecule has 9 heteroatoms. The van der Waals surface area contributed by atoms with Gasteiger partial charge in [-0.05, 0) is 36.4 Å². The molecule has 0 spiro atoms. The lowest BCUT2D eigenvalue weighted by atomic mass is 10.3. The topological polar surface area (TPSA) is 82.7 Å². The van der Waals surface area contributed by atoms with Crippen molar-refractivity contribution in [1.82, 2.24) is 20.0 Å². The molecule has 2 atom stereocenters. The van der Waals surface area contributed by atoms with Crippen molar-refractivity contribution < 1.29 is 23.1 Å². The van der Waals surface area contributed by atoms with E-state index in [1.165, 1.54) is 12.1 Å². The molecule has 0 saturated carbocycles. The number of likely N-dealkylation sites (tertiary alicyclic amines) is 1. The Morgan fingerprint density at radius 2 is 1.83 bits per heavy atom. The summed E-state index contributed by atoms with van der Waals surface area (Å²) in [5.74, 6) is 1.38. The van der Waals surface area contributed by atoms with Crippen molar-refractivity contribution in [2.45, 2.75) is 24.9 Å². The van der Waals surface area contributed by atoms with Gasteiger partial charge >= 0.3 is 0 Å². The predicted octanol–water partition coefficient (Wildman–Crippen LogP) is 2.32. The van der Waals surface area contributed by atoms with Gasteiger partial charge in [0.05, 0.1) is 32.0 Å². The molecule has 2 aliphatic heterocycles. The lowest BCUT2D eigenvalue weighted by Crippen LogP contribution is -2.29. The number of fused-ring (bicyclic) bond motifs is 1. The normalized spacial score (nSPS) is 22.6. The molecule has 3 aromatic rings. The van der Waals surface area contributed by atoms with Crippen LogP contribution in [0.3, 0.4) is 0 Å². The minimum absolute atomic E-state index is 0.0486. The number of halogens is 1. The van der Waals surface area contributed by atoms with Gasteiger partial charge in [0, 0.05) is 31.0 Å². The van der Waals surface area contributed by atoms with Gasteiger partial charge in [-0.25, -0.2) is 4.39 Å². The van der Waals surface area contributed by atoms with Crippen LogP contribution < -0.4 is 4.74 Å². The monoisotopic (exact) mass is 412 g/mol. The third-order valence-electron chi connectivity index (χ3n) is 5.15. The summed E-state index contributed by atoms with van der Waals surface area (Å²) >= 11 is 0. The summed E-state index contributed by atoms with van der Waals surface area (Å²) in [5.41, 5.74) is 0.818. The van der Waals surface area contributed by atoms with E-state index in [2.05, 4.69) is 20.0 Å². The predicted molar refractivity (Wildman–Crippen MR) is 103 cm³/mol. The number of aromatic nitrogens is 3. The molecular weight excluding hydrogens is 391 g/mol. The molecule has 0 bridgehead atoms. The summed E-state index contributed by atoms with van der Waals surface area (Å²) in [4.78, 5) is 10.7. The molecular formula is C21H21FN4O4. The highest BCUT2D eigenvalue weighted by molar-refractivity contribution is 5.51. The van der Waals surface area contributed by atoms with Crippen LogP contribution >= 0.6 is 0 Å². The smallest absolute Gasteiger partial charge is 0.241 e. The van der Waals surface area contributed by atoms with E-state index in [-0.39, 0.29) is 24.1 Å². The number of hydrogen-bond acceptors (Lipinski definition) is 8. The van der Waals surface area contributed by atoms with E-state index in [4.69, 9.17) is 18.7 Å². The molecule has 4 heterocycles. The summed E-state index contributed by atoms with van der Waals surface area (Å²) in [7, 11) is 0. The molecule has 0 aliphatic carbocycles. The van der Waals surface area contributed by atoms with Crippen molar-refractivity contribution in [3.8, 4) is 17.1 Å². The second-order valence-corrected chi connectivity index (χ2v) is 7.38. The summed E-state index contributed by atoms with van der Waals surface area (Å²) in [6, 6.07) is 9.68. The second kappa shape index (κ2) is 8.47. The van der Waals surface area contributed by atoms with Crippen LogP contribution in [0.15, 0.2) is 53.3 Å². The van der Waals surface area contributed by atoms with Crippen LogP contribution in [0.4, 0.5) is 4.39 Å². The fraction of sp³-hybridized carbons (Fsp3) is 0.381. The summed E-state index contributed by atoms with van der Waals surface area (Å²) < 4.78 is 36.4. The second-order valence-electron chi connectivity index (χ2n) is 7.38. The van der Waals surface area contributed by atoms with E-state index in [0.717, 1.165) is 5.56 Å². The zero-order valence-electron chi connectivity index (χ0n) is 16.2. The standard InChI is InChI=1S/C21H21FN4O4/c22-15-3-5-16(6-4-15)29-17-12-27-18-9-26(10-19(18)28-13-17)11-20-24-21(25-30-20)14-2-1-7-23-8-14/h1-8,17-19H,9-13H2/t18-,19-/m0/s1. The first-order valence-electron chi connectivity index (χ1n) is 9.84. The average molecular weight is 412 g/mol. The Morgan fingerprint density at radius 1 is 1.07 bits per heavy atom. The Kier molecular flexibility index (Phi) is 5.39. The lowest BCUT2D eigenvalue weighted by molar-refractivity contribution is -0.00461. The Labute approximate surface area is 172 Å². The van der Waals surface area contributed by atoms with Crippen LogP contribution in [0.1, 0.15) is 5.89 Å². The van der Waals surface area contributed by atoms with Crippen LogP contribution in [0, 0.1) is 5.82 Å². The van der Waals surface area contributed by atoms with Crippen LogP contribution in [-0.4, -0.2) is 64.6 Å². The van der Waals surface area contributed by atoms with Crippen LogP contribution in [-0.2, 0) is 16.0 Å². The van der Waals surface area contributed by atoms with Gasteiger partial charge in [-0.15, -0.1) is 0 Å². The molecule has 30 heavy (non-hydrogen) atoms. The lowest BCUT2D eigenvalue weighted by Gasteiger charge is -2.18. The van der Waals surface area contributed by atoms with Gasteiger partial charge in [0.1, 0.15) is 17.7 Å². The fourth-order valence-corrected chi connectivity index (χ4v) is 3.67. The number of hydrogen-bond donors (Lipinski definition) is 0. The Balaban J connectivity index is 1.14. The molecule has 2 saturated heterocycles. The number of benzene rings is 1. The van der Waals surface area contributed by atoms with Crippen LogP contribution in [0.5, 0.6) is 5.75 Å². The van der Waals surface area contributed by atoms with Crippen molar-refractivity contribution >= 4 is 0 Å². The van der Waals surface area contributed by atoms with E-state index in [1.54, 1.807) is 24.5 Å². The van der Waals surface area contributed by atoms with E-state index >= 15 is 0 Å². The zero-order valence-corrected chi connectivity index (χ0v) is 16.2. The molecule has 0 radical (unpaired) electrons. The zero-order chi connectivity index (χ0) is 20.3. The van der Waals surface area contributed by atoms with Crippen molar-refractivity contribution in [2.75, 3.05) is 26.3 Å². The van der Waals surface area contributed by atoms with E-state index in [1.807, 2.05) is 12.1 Å². The maximum atomic E-state index is 13.0. The van der Waals surface area contributed by atoms with Crippen molar-refractivity contribution in [3.63, 3.8) is 0 Å². The summed E-state index contributed by atoms with van der Waals surface area (Å²) in [6.07, 6.45) is 3.08. The molecule has 156 valence electrons. The van der Waals surface area contributed by atoms with Gasteiger partial charge in [-0.3, -0.25) is 9.88 Å². The van der Waals surface area contributed by atoms with Gasteiger partial charge < -0.3 is 18.7 Å². The van der Waals surface area contributed by atoms with E-state index < -0.39 is 0 Å². The Bertz CT molecular complexity index is 953. The minimum Gasteiger partial charge on any atom is -0.486 e. The Hall–Kier alpha value is -2.88. The number of rotatable bonds is 5. The van der Waals surface area contributed by atoms with Crippen molar-refractivity contribution in [2.24, 2.45) is 0 Å². The van der Waals surface area contributed by atoms with Gasteiger partial charge in [0.2, 0.25) is 11.7 Å². The van der Waals surface area contributed by atoms with Gasteiger partial charge in [0.15, 0.2) is 0 Å². The summed E-state index contributed by atoms with van der Waals surface area (Å²) in [6.45, 7) is 2.77. The third kappa shape index (κ3) is 4.33. The Morgan fingerprint density at radius 3 is 2.53 bits per heavy atom. The minimum atomic E-state index is -0.292. The number of pyridine rings is 1. The van der Waals surface area contributed by atoms with Gasteiger partial charge in [-0.2, -0.15) is 4.98 Å². The maximum absolute atomic E-state index is 13.0.